The van der Waals surface area contributed by atoms with E-state index in [1.807, 2.05) is 36.6 Å². The first-order chi connectivity index (χ1) is 15.6. The molecule has 0 aliphatic heterocycles. The molecule has 3 aromatic rings. The minimum atomic E-state index is -0.124. The molecular formula is C25H24N4O2S. The second-order valence-corrected chi connectivity index (χ2v) is 7.89. The zero-order valence-corrected chi connectivity index (χ0v) is 18.9. The number of hydrogen-bond donors (Lipinski definition) is 1. The number of methoxy groups -OCH3 is 1. The van der Waals surface area contributed by atoms with Gasteiger partial charge in [0.1, 0.15) is 11.9 Å². The van der Waals surface area contributed by atoms with Crippen LogP contribution in [0.15, 0.2) is 71.9 Å². The van der Waals surface area contributed by atoms with Gasteiger partial charge < -0.3 is 14.9 Å². The first-order valence-electron chi connectivity index (χ1n) is 10.0. The molecule has 0 amide bonds. The third kappa shape index (κ3) is 6.51. The zero-order valence-electron chi connectivity index (χ0n) is 18.0. The predicted octanol–water partition coefficient (Wildman–Crippen LogP) is 5.00. The fraction of sp³-hybridized carbons (Fsp3) is 0.200. The summed E-state index contributed by atoms with van der Waals surface area (Å²) in [4.78, 5) is 25.3. The third-order valence-corrected chi connectivity index (χ3v) is 5.53. The number of carbonyl (C=O) groups is 1. The first-order valence-corrected chi connectivity index (χ1v) is 11.2. The number of ketones is 1. The van der Waals surface area contributed by atoms with Crippen LogP contribution in [0.4, 0.5) is 5.82 Å². The van der Waals surface area contributed by atoms with Crippen LogP contribution in [0, 0.1) is 6.57 Å². The lowest BCUT2D eigenvalue weighted by Gasteiger charge is -2.11. The Morgan fingerprint density at radius 1 is 1.12 bits per heavy atom. The lowest BCUT2D eigenvalue weighted by Crippen LogP contribution is -2.13. The lowest BCUT2D eigenvalue weighted by molar-refractivity contribution is 0.104. The van der Waals surface area contributed by atoms with Gasteiger partial charge in [-0.2, -0.15) is 0 Å². The van der Waals surface area contributed by atoms with Crippen molar-refractivity contribution in [3.63, 3.8) is 0 Å². The molecule has 1 N–H and O–H groups in total. The van der Waals surface area contributed by atoms with Crippen molar-refractivity contribution in [3.05, 3.63) is 106 Å². The molecule has 0 atom stereocenters. The normalized spacial score (nSPS) is 11.1. The second-order valence-electron chi connectivity index (χ2n) is 6.96. The number of nitrogens with zero attached hydrogens (tertiary/aromatic N) is 3. The summed E-state index contributed by atoms with van der Waals surface area (Å²) in [6.07, 6.45) is 7.01. The van der Waals surface area contributed by atoms with E-state index in [0.29, 0.717) is 30.0 Å². The maximum atomic E-state index is 12.9. The highest BCUT2D eigenvalue weighted by Gasteiger charge is 2.13. The van der Waals surface area contributed by atoms with Crippen LogP contribution in [0.1, 0.15) is 27.2 Å². The van der Waals surface area contributed by atoms with E-state index in [9.17, 15) is 4.79 Å². The number of carbonyl (C=O) groups excluding carboxylic acids is 1. The van der Waals surface area contributed by atoms with Crippen molar-refractivity contribution in [1.29, 1.82) is 0 Å². The number of benzene rings is 2. The van der Waals surface area contributed by atoms with Gasteiger partial charge in [0.25, 0.3) is 5.82 Å². The van der Waals surface area contributed by atoms with Gasteiger partial charge in [0, 0.05) is 19.5 Å². The molecule has 0 unspecified atom stereocenters. The van der Waals surface area contributed by atoms with E-state index < -0.39 is 0 Å². The van der Waals surface area contributed by atoms with Crippen molar-refractivity contribution < 1.29 is 9.53 Å². The topological polar surface area (TPSA) is 68.5 Å². The molecule has 0 radical (unpaired) electrons. The molecule has 0 aliphatic carbocycles. The zero-order chi connectivity index (χ0) is 22.8. The maximum Gasteiger partial charge on any atom is 0.287 e. The van der Waals surface area contributed by atoms with Gasteiger partial charge in [-0.05, 0) is 40.5 Å². The Hall–Kier alpha value is -3.47. The van der Waals surface area contributed by atoms with Crippen molar-refractivity contribution in [2.24, 2.45) is 0 Å². The van der Waals surface area contributed by atoms with E-state index in [-0.39, 0.29) is 11.6 Å². The van der Waals surface area contributed by atoms with Gasteiger partial charge in [0.2, 0.25) is 0 Å². The summed E-state index contributed by atoms with van der Waals surface area (Å²) in [5, 5.41) is 3.41. The van der Waals surface area contributed by atoms with Crippen molar-refractivity contribution >= 4 is 23.4 Å². The maximum absolute atomic E-state index is 12.9. The largest absolute Gasteiger partial charge is 0.496 e. The quantitative estimate of drug-likeness (QED) is 0.270. The van der Waals surface area contributed by atoms with E-state index in [0.717, 1.165) is 17.0 Å². The van der Waals surface area contributed by atoms with Gasteiger partial charge in [-0.15, -0.1) is 16.7 Å². The summed E-state index contributed by atoms with van der Waals surface area (Å²) in [6, 6.07) is 15.8. The van der Waals surface area contributed by atoms with E-state index >= 15 is 0 Å². The highest BCUT2D eigenvalue weighted by atomic mass is 32.2. The molecule has 3 rings (SSSR count). The molecule has 0 spiro atoms. The molecular weight excluding hydrogens is 420 g/mol. The number of ether oxygens (including phenoxy) is 1. The fourth-order valence-corrected chi connectivity index (χ4v) is 3.59. The Balaban J connectivity index is 1.68. The van der Waals surface area contributed by atoms with E-state index in [4.69, 9.17) is 11.3 Å². The van der Waals surface area contributed by atoms with Crippen molar-refractivity contribution in [1.82, 2.24) is 15.3 Å². The van der Waals surface area contributed by atoms with E-state index in [2.05, 4.69) is 32.3 Å². The van der Waals surface area contributed by atoms with E-state index in [1.54, 1.807) is 25.4 Å². The Labute approximate surface area is 192 Å². The summed E-state index contributed by atoms with van der Waals surface area (Å²) in [7, 11) is 1.57. The summed E-state index contributed by atoms with van der Waals surface area (Å²) < 4.78 is 5.50. The predicted molar refractivity (Wildman–Crippen MR) is 128 cm³/mol. The minimum Gasteiger partial charge on any atom is -0.496 e. The number of rotatable bonds is 10. The molecule has 2 aromatic carbocycles. The van der Waals surface area contributed by atoms with Gasteiger partial charge in [-0.3, -0.25) is 9.78 Å². The lowest BCUT2D eigenvalue weighted by atomic mass is 10.1. The molecule has 7 heteroatoms. The van der Waals surface area contributed by atoms with Gasteiger partial charge in [-0.25, -0.2) is 0 Å². The van der Waals surface area contributed by atoms with Crippen molar-refractivity contribution in [3.8, 4) is 5.75 Å². The summed E-state index contributed by atoms with van der Waals surface area (Å²) in [6.45, 7) is 8.40. The monoisotopic (exact) mass is 444 g/mol. The number of allylic oxidation sites excluding steroid dienone is 2. The fourth-order valence-electron chi connectivity index (χ4n) is 3.08. The molecule has 0 saturated carbocycles. The molecule has 0 bridgehead atoms. The van der Waals surface area contributed by atoms with E-state index in [1.165, 1.54) is 23.5 Å². The van der Waals surface area contributed by atoms with Gasteiger partial charge in [0.15, 0.2) is 5.78 Å². The van der Waals surface area contributed by atoms with Crippen LogP contribution < -0.4 is 10.1 Å². The number of nitrogens with one attached hydrogen (secondary N) is 1. The highest BCUT2D eigenvalue weighted by Crippen LogP contribution is 2.24. The smallest absolute Gasteiger partial charge is 0.287 e. The van der Waals surface area contributed by atoms with Crippen molar-refractivity contribution in [2.45, 2.75) is 19.5 Å². The van der Waals surface area contributed by atoms with Crippen LogP contribution in [0.3, 0.4) is 0 Å². The van der Waals surface area contributed by atoms with Gasteiger partial charge in [0.05, 0.1) is 24.6 Å². The third-order valence-electron chi connectivity index (χ3n) is 4.75. The number of hydrogen-bond acceptors (Lipinski definition) is 6. The molecule has 162 valence electrons. The van der Waals surface area contributed by atoms with Gasteiger partial charge >= 0.3 is 0 Å². The minimum absolute atomic E-state index is 0.124. The highest BCUT2D eigenvalue weighted by molar-refractivity contribution is 8.02. The van der Waals surface area contributed by atoms with Crippen LogP contribution in [0.5, 0.6) is 5.75 Å². The summed E-state index contributed by atoms with van der Waals surface area (Å²) in [5.41, 5.74) is 3.48. The van der Waals surface area contributed by atoms with Crippen molar-refractivity contribution in [2.75, 3.05) is 13.4 Å². The molecule has 0 aliphatic rings. The second kappa shape index (κ2) is 11.8. The SMILES string of the molecule is [C-]#[N+]c1cnc(C/C(=C/C(=O)c2ccc(CNCc3ccccc3)cc2OC)SC)cn1. The molecule has 0 fully saturated rings. The van der Waals surface area contributed by atoms with Gasteiger partial charge in [-0.1, -0.05) is 43.0 Å². The Bertz CT molecular complexity index is 1120. The average molecular weight is 445 g/mol. The Morgan fingerprint density at radius 3 is 2.56 bits per heavy atom. The molecule has 1 aromatic heterocycles. The Morgan fingerprint density at radius 2 is 1.91 bits per heavy atom. The van der Waals surface area contributed by atoms with Crippen LogP contribution in [-0.4, -0.2) is 29.1 Å². The van der Waals surface area contributed by atoms with Crippen LogP contribution >= 0.6 is 11.8 Å². The summed E-state index contributed by atoms with van der Waals surface area (Å²) >= 11 is 1.48. The molecule has 6 nitrogen and oxygen atoms in total. The van der Waals surface area contributed by atoms with Crippen LogP contribution in [0.2, 0.25) is 0 Å². The van der Waals surface area contributed by atoms with Crippen LogP contribution in [0.25, 0.3) is 4.85 Å². The standard InChI is InChI=1S/C25H24N4O2S/c1-26-25-17-28-20(16-29-25)12-21(32-3)13-23(30)22-10-9-19(11-24(22)31-2)15-27-14-18-7-5-4-6-8-18/h4-11,13,16-17,27H,12,14-15H2,2-3H3/b21-13-. The molecule has 1 heterocycles. The van der Waals surface area contributed by atoms with Crippen LogP contribution in [-0.2, 0) is 19.5 Å². The number of aromatic nitrogens is 2. The summed E-state index contributed by atoms with van der Waals surface area (Å²) in [5.74, 6) is 0.676. The molecule has 0 saturated heterocycles. The Kier molecular flexibility index (Phi) is 8.55. The first kappa shape index (κ1) is 23.2. The molecule has 32 heavy (non-hydrogen) atoms. The average Bonchev–Trinajstić information content (AvgIpc) is 2.84. The number of thioether (sulfide) groups is 1.